The van der Waals surface area contributed by atoms with Gasteiger partial charge in [0.2, 0.25) is 5.91 Å². The SMILES string of the molecule is CC(NC(=O)N1CC(=O)NCC1C(=O)O)C1CCCC1. The van der Waals surface area contributed by atoms with Crippen LogP contribution in [0.3, 0.4) is 0 Å². The van der Waals surface area contributed by atoms with E-state index in [1.165, 1.54) is 12.8 Å². The molecule has 20 heavy (non-hydrogen) atoms. The summed E-state index contributed by atoms with van der Waals surface area (Å²) in [7, 11) is 0. The van der Waals surface area contributed by atoms with Gasteiger partial charge in [0.05, 0.1) is 0 Å². The van der Waals surface area contributed by atoms with Gasteiger partial charge in [0.25, 0.3) is 0 Å². The summed E-state index contributed by atoms with van der Waals surface area (Å²) in [4.78, 5) is 35.8. The normalized spacial score (nSPS) is 25.1. The van der Waals surface area contributed by atoms with Crippen molar-refractivity contribution < 1.29 is 19.5 Å². The average Bonchev–Trinajstić information content (AvgIpc) is 2.92. The molecule has 1 aliphatic heterocycles. The van der Waals surface area contributed by atoms with Crippen molar-refractivity contribution in [1.82, 2.24) is 15.5 Å². The second kappa shape index (κ2) is 6.11. The Balaban J connectivity index is 1.97. The summed E-state index contributed by atoms with van der Waals surface area (Å²) in [5.41, 5.74) is 0. The monoisotopic (exact) mass is 283 g/mol. The van der Waals surface area contributed by atoms with E-state index in [9.17, 15) is 14.4 Å². The third kappa shape index (κ3) is 3.20. The summed E-state index contributed by atoms with van der Waals surface area (Å²) in [6, 6.07) is -1.46. The molecule has 1 saturated heterocycles. The molecule has 7 nitrogen and oxygen atoms in total. The Morgan fingerprint density at radius 1 is 1.40 bits per heavy atom. The van der Waals surface area contributed by atoms with Gasteiger partial charge in [0.1, 0.15) is 12.6 Å². The molecule has 2 fully saturated rings. The highest BCUT2D eigenvalue weighted by Crippen LogP contribution is 2.27. The van der Waals surface area contributed by atoms with Crippen LogP contribution in [-0.4, -0.2) is 53.1 Å². The number of urea groups is 1. The van der Waals surface area contributed by atoms with Gasteiger partial charge in [0.15, 0.2) is 0 Å². The number of carboxylic acid groups (broad SMARTS) is 1. The molecule has 0 aromatic carbocycles. The van der Waals surface area contributed by atoms with Crippen molar-refractivity contribution in [3.05, 3.63) is 0 Å². The maximum Gasteiger partial charge on any atom is 0.328 e. The highest BCUT2D eigenvalue weighted by Gasteiger charge is 2.36. The molecule has 1 saturated carbocycles. The van der Waals surface area contributed by atoms with Gasteiger partial charge in [-0.15, -0.1) is 0 Å². The molecule has 112 valence electrons. The van der Waals surface area contributed by atoms with Crippen molar-refractivity contribution in [1.29, 1.82) is 0 Å². The van der Waals surface area contributed by atoms with Gasteiger partial charge in [-0.05, 0) is 25.7 Å². The van der Waals surface area contributed by atoms with Crippen LogP contribution in [0.25, 0.3) is 0 Å². The number of rotatable bonds is 3. The predicted octanol–water partition coefficient (Wildman–Crippen LogP) is 0.160. The van der Waals surface area contributed by atoms with Crippen LogP contribution in [0.4, 0.5) is 4.79 Å². The number of nitrogens with one attached hydrogen (secondary N) is 2. The highest BCUT2D eigenvalue weighted by molar-refractivity contribution is 5.90. The van der Waals surface area contributed by atoms with Gasteiger partial charge >= 0.3 is 12.0 Å². The second-order valence-electron chi connectivity index (χ2n) is 5.57. The van der Waals surface area contributed by atoms with Gasteiger partial charge < -0.3 is 15.7 Å². The number of piperazine rings is 1. The first-order valence-corrected chi connectivity index (χ1v) is 7.05. The molecule has 2 rings (SSSR count). The Hall–Kier alpha value is -1.79. The van der Waals surface area contributed by atoms with Crippen molar-refractivity contribution in [3.63, 3.8) is 0 Å². The van der Waals surface area contributed by atoms with E-state index in [-0.39, 0.29) is 25.0 Å². The minimum Gasteiger partial charge on any atom is -0.480 e. The molecule has 1 heterocycles. The van der Waals surface area contributed by atoms with Crippen LogP contribution < -0.4 is 10.6 Å². The van der Waals surface area contributed by atoms with E-state index in [1.807, 2.05) is 6.92 Å². The van der Waals surface area contributed by atoms with E-state index in [0.29, 0.717) is 5.92 Å². The molecule has 3 amide bonds. The minimum absolute atomic E-state index is 0.00410. The lowest BCUT2D eigenvalue weighted by molar-refractivity contribution is -0.144. The zero-order valence-electron chi connectivity index (χ0n) is 11.6. The predicted molar refractivity (Wildman–Crippen MR) is 71.1 cm³/mol. The van der Waals surface area contributed by atoms with Gasteiger partial charge in [-0.3, -0.25) is 9.69 Å². The molecule has 1 aliphatic carbocycles. The zero-order valence-corrected chi connectivity index (χ0v) is 11.6. The summed E-state index contributed by atoms with van der Waals surface area (Å²) in [6.45, 7) is 1.69. The average molecular weight is 283 g/mol. The number of hydrogen-bond donors (Lipinski definition) is 3. The number of carbonyl (C=O) groups excluding carboxylic acids is 2. The molecule has 0 spiro atoms. The maximum atomic E-state index is 12.2. The fourth-order valence-corrected chi connectivity index (χ4v) is 2.93. The molecule has 0 bridgehead atoms. The highest BCUT2D eigenvalue weighted by atomic mass is 16.4. The van der Waals surface area contributed by atoms with Crippen molar-refractivity contribution in [3.8, 4) is 0 Å². The quantitative estimate of drug-likeness (QED) is 0.687. The summed E-state index contributed by atoms with van der Waals surface area (Å²) >= 11 is 0. The first kappa shape index (κ1) is 14.6. The van der Waals surface area contributed by atoms with Crippen LogP contribution in [0.5, 0.6) is 0 Å². The van der Waals surface area contributed by atoms with Crippen molar-refractivity contribution in [2.45, 2.75) is 44.7 Å². The molecule has 0 aromatic heterocycles. The smallest absolute Gasteiger partial charge is 0.328 e. The third-order valence-electron chi connectivity index (χ3n) is 4.19. The number of hydrogen-bond acceptors (Lipinski definition) is 3. The lowest BCUT2D eigenvalue weighted by Gasteiger charge is -2.34. The molecule has 0 radical (unpaired) electrons. The Labute approximate surface area is 117 Å². The first-order valence-electron chi connectivity index (χ1n) is 7.05. The number of nitrogens with zero attached hydrogens (tertiary/aromatic N) is 1. The van der Waals surface area contributed by atoms with Crippen LogP contribution >= 0.6 is 0 Å². The molecule has 7 heteroatoms. The second-order valence-corrected chi connectivity index (χ2v) is 5.57. The Morgan fingerprint density at radius 3 is 2.65 bits per heavy atom. The van der Waals surface area contributed by atoms with Crippen LogP contribution in [-0.2, 0) is 9.59 Å². The fourth-order valence-electron chi connectivity index (χ4n) is 2.93. The Kier molecular flexibility index (Phi) is 4.46. The summed E-state index contributed by atoms with van der Waals surface area (Å²) in [5, 5.41) is 14.4. The van der Waals surface area contributed by atoms with Crippen molar-refractivity contribution in [2.24, 2.45) is 5.92 Å². The van der Waals surface area contributed by atoms with Gasteiger partial charge in [-0.25, -0.2) is 9.59 Å². The number of amides is 3. The van der Waals surface area contributed by atoms with E-state index in [1.54, 1.807) is 0 Å². The van der Waals surface area contributed by atoms with Crippen LogP contribution in [0, 0.1) is 5.92 Å². The fraction of sp³-hybridized carbons (Fsp3) is 0.769. The van der Waals surface area contributed by atoms with E-state index in [4.69, 9.17) is 5.11 Å². The van der Waals surface area contributed by atoms with E-state index in [0.717, 1.165) is 17.7 Å². The molecule has 3 N–H and O–H groups in total. The van der Waals surface area contributed by atoms with Crippen LogP contribution in [0.15, 0.2) is 0 Å². The van der Waals surface area contributed by atoms with Gasteiger partial charge in [-0.2, -0.15) is 0 Å². The molecule has 2 aliphatic rings. The third-order valence-corrected chi connectivity index (χ3v) is 4.19. The van der Waals surface area contributed by atoms with Crippen LogP contribution in [0.1, 0.15) is 32.6 Å². The largest absolute Gasteiger partial charge is 0.480 e. The summed E-state index contributed by atoms with van der Waals surface area (Å²) in [5.74, 6) is -0.985. The van der Waals surface area contributed by atoms with Gasteiger partial charge in [0, 0.05) is 12.6 Å². The lowest BCUT2D eigenvalue weighted by atomic mass is 10.00. The van der Waals surface area contributed by atoms with E-state index in [2.05, 4.69) is 10.6 Å². The van der Waals surface area contributed by atoms with Crippen molar-refractivity contribution in [2.75, 3.05) is 13.1 Å². The topological polar surface area (TPSA) is 98.7 Å². The number of carbonyl (C=O) groups is 3. The maximum absolute atomic E-state index is 12.2. The molecule has 2 unspecified atom stereocenters. The minimum atomic E-state index is -1.10. The number of aliphatic carboxylic acids is 1. The molecule has 2 atom stereocenters. The van der Waals surface area contributed by atoms with Gasteiger partial charge in [-0.1, -0.05) is 12.8 Å². The molecule has 0 aromatic rings. The van der Waals surface area contributed by atoms with Crippen molar-refractivity contribution >= 4 is 17.9 Å². The zero-order chi connectivity index (χ0) is 14.7. The standard InChI is InChI=1S/C13H21N3O4/c1-8(9-4-2-3-5-9)15-13(20)16-7-11(17)14-6-10(16)12(18)19/h8-10H,2-7H2,1H3,(H,14,17)(H,15,20)(H,18,19). The number of carboxylic acids is 1. The molecular formula is C13H21N3O4. The lowest BCUT2D eigenvalue weighted by Crippen LogP contribution is -2.62. The molecular weight excluding hydrogens is 262 g/mol. The van der Waals surface area contributed by atoms with E-state index < -0.39 is 18.0 Å². The Bertz CT molecular complexity index is 406. The Morgan fingerprint density at radius 2 is 2.05 bits per heavy atom. The first-order chi connectivity index (χ1) is 9.49. The summed E-state index contributed by atoms with van der Waals surface area (Å²) in [6.07, 6.45) is 4.53. The van der Waals surface area contributed by atoms with Crippen LogP contribution in [0.2, 0.25) is 0 Å². The van der Waals surface area contributed by atoms with E-state index >= 15 is 0 Å². The summed E-state index contributed by atoms with van der Waals surface area (Å²) < 4.78 is 0.